The number of carbonyl (C=O) groups is 4. The molecule has 0 radical (unpaired) electrons. The van der Waals surface area contributed by atoms with Gasteiger partial charge in [0.05, 0.1) is 22.3 Å². The van der Waals surface area contributed by atoms with E-state index in [1.165, 1.54) is 0 Å². The average molecular weight is 274 g/mol. The van der Waals surface area contributed by atoms with Crippen LogP contribution in [0.25, 0.3) is 0 Å². The minimum Gasteiger partial charge on any atom is -0.478 e. The molecule has 1 aromatic rings. The highest BCUT2D eigenvalue weighted by atomic mass is 19.0. The summed E-state index contributed by atoms with van der Waals surface area (Å²) in [4.78, 5) is 43.1. The van der Waals surface area contributed by atoms with Crippen LogP contribution >= 0.6 is 0 Å². The van der Waals surface area contributed by atoms with Crippen molar-refractivity contribution in [2.75, 3.05) is 0 Å². The fourth-order valence-electron chi connectivity index (χ4n) is 1.31. The van der Waals surface area contributed by atoms with E-state index in [0.29, 0.717) is 12.1 Å². The van der Waals surface area contributed by atoms with Crippen molar-refractivity contribution >= 4 is 23.9 Å². The SMILES string of the molecule is F.O=C(O)c1cc(C(=O)O)c(C(=O)O)cc1C(=O)O. The summed E-state index contributed by atoms with van der Waals surface area (Å²) in [7, 11) is 0. The number of hydrogen-bond donors (Lipinski definition) is 4. The largest absolute Gasteiger partial charge is 0.478 e. The Morgan fingerprint density at radius 1 is 0.579 bits per heavy atom. The molecule has 0 atom stereocenters. The number of aromatic carboxylic acids is 4. The van der Waals surface area contributed by atoms with Gasteiger partial charge in [-0.15, -0.1) is 0 Å². The Balaban J connectivity index is 0.00000324. The molecule has 0 aliphatic carbocycles. The van der Waals surface area contributed by atoms with E-state index in [2.05, 4.69) is 0 Å². The van der Waals surface area contributed by atoms with Crippen molar-refractivity contribution in [3.63, 3.8) is 0 Å². The Morgan fingerprint density at radius 2 is 0.737 bits per heavy atom. The highest BCUT2D eigenvalue weighted by Crippen LogP contribution is 2.18. The zero-order chi connectivity index (χ0) is 14.0. The molecule has 0 saturated heterocycles. The van der Waals surface area contributed by atoms with E-state index in [-0.39, 0.29) is 4.70 Å². The maximum atomic E-state index is 10.8. The molecule has 0 amide bonds. The highest BCUT2D eigenvalue weighted by molar-refractivity contribution is 6.09. The van der Waals surface area contributed by atoms with E-state index in [1.807, 2.05) is 0 Å². The second-order valence-electron chi connectivity index (χ2n) is 3.16. The zero-order valence-corrected chi connectivity index (χ0v) is 8.98. The lowest BCUT2D eigenvalue weighted by Crippen LogP contribution is -2.15. The molecule has 0 fully saturated rings. The van der Waals surface area contributed by atoms with Crippen LogP contribution in [0, 0.1) is 0 Å². The van der Waals surface area contributed by atoms with Gasteiger partial charge in [-0.05, 0) is 12.1 Å². The predicted molar refractivity (Wildman–Crippen MR) is 56.8 cm³/mol. The van der Waals surface area contributed by atoms with Crippen LogP contribution in [-0.2, 0) is 0 Å². The van der Waals surface area contributed by atoms with E-state index in [1.54, 1.807) is 0 Å². The molecule has 0 spiro atoms. The maximum absolute atomic E-state index is 10.8. The van der Waals surface area contributed by atoms with Gasteiger partial charge in [0, 0.05) is 0 Å². The fraction of sp³-hybridized carbons (Fsp3) is 0. The molecule has 8 nitrogen and oxygen atoms in total. The van der Waals surface area contributed by atoms with Gasteiger partial charge < -0.3 is 20.4 Å². The highest BCUT2D eigenvalue weighted by Gasteiger charge is 2.24. The van der Waals surface area contributed by atoms with Crippen LogP contribution in [-0.4, -0.2) is 44.3 Å². The Morgan fingerprint density at radius 3 is 0.842 bits per heavy atom. The molecular formula is C10H7FO8. The number of hydrogen-bond acceptors (Lipinski definition) is 4. The van der Waals surface area contributed by atoms with Crippen LogP contribution in [0.1, 0.15) is 41.4 Å². The topological polar surface area (TPSA) is 149 Å². The molecule has 0 aliphatic rings. The number of rotatable bonds is 4. The van der Waals surface area contributed by atoms with Gasteiger partial charge in [0.1, 0.15) is 0 Å². The Labute approximate surface area is 103 Å². The lowest BCUT2D eigenvalue weighted by Gasteiger charge is -2.06. The molecule has 0 heterocycles. The van der Waals surface area contributed by atoms with Gasteiger partial charge in [0.25, 0.3) is 0 Å². The van der Waals surface area contributed by atoms with Crippen molar-refractivity contribution in [2.45, 2.75) is 0 Å². The van der Waals surface area contributed by atoms with Crippen LogP contribution in [0.2, 0.25) is 0 Å². The monoisotopic (exact) mass is 274 g/mol. The molecule has 0 unspecified atom stereocenters. The molecule has 4 N–H and O–H groups in total. The van der Waals surface area contributed by atoms with Crippen LogP contribution in [0.3, 0.4) is 0 Å². The number of carboxylic acids is 4. The van der Waals surface area contributed by atoms with E-state index in [4.69, 9.17) is 20.4 Å². The van der Waals surface area contributed by atoms with Crippen LogP contribution in [0.4, 0.5) is 4.70 Å². The minimum atomic E-state index is -1.66. The molecule has 0 aromatic heterocycles. The summed E-state index contributed by atoms with van der Waals surface area (Å²) >= 11 is 0. The molecule has 0 aliphatic heterocycles. The van der Waals surface area contributed by atoms with Crippen LogP contribution in [0.15, 0.2) is 12.1 Å². The molecule has 0 saturated carbocycles. The lowest BCUT2D eigenvalue weighted by molar-refractivity contribution is 0.0637. The summed E-state index contributed by atoms with van der Waals surface area (Å²) in [6.45, 7) is 0. The molecule has 19 heavy (non-hydrogen) atoms. The van der Waals surface area contributed by atoms with Crippen molar-refractivity contribution in [1.82, 2.24) is 0 Å². The molecular weight excluding hydrogens is 267 g/mol. The third-order valence-corrected chi connectivity index (χ3v) is 2.08. The predicted octanol–water partition coefficient (Wildman–Crippen LogP) is 0.632. The van der Waals surface area contributed by atoms with Gasteiger partial charge in [-0.3, -0.25) is 4.70 Å². The summed E-state index contributed by atoms with van der Waals surface area (Å²) in [5.41, 5.74) is -3.15. The normalized spacial score (nSPS) is 9.26. The fourth-order valence-corrected chi connectivity index (χ4v) is 1.31. The van der Waals surface area contributed by atoms with E-state index < -0.39 is 46.1 Å². The smallest absolute Gasteiger partial charge is 0.336 e. The Kier molecular flexibility index (Phi) is 4.71. The third kappa shape index (κ3) is 3.03. The third-order valence-electron chi connectivity index (χ3n) is 2.08. The van der Waals surface area contributed by atoms with Gasteiger partial charge in [0.2, 0.25) is 0 Å². The van der Waals surface area contributed by atoms with Crippen molar-refractivity contribution < 1.29 is 44.3 Å². The first-order valence-corrected chi connectivity index (χ1v) is 4.37. The number of halogens is 1. The second kappa shape index (κ2) is 5.58. The first kappa shape index (κ1) is 16.0. The van der Waals surface area contributed by atoms with E-state index in [0.717, 1.165) is 0 Å². The quantitative estimate of drug-likeness (QED) is 0.624. The lowest BCUT2D eigenvalue weighted by atomic mass is 9.98. The van der Waals surface area contributed by atoms with Crippen LogP contribution < -0.4 is 0 Å². The van der Waals surface area contributed by atoms with Crippen molar-refractivity contribution in [3.05, 3.63) is 34.4 Å². The second-order valence-corrected chi connectivity index (χ2v) is 3.16. The van der Waals surface area contributed by atoms with Gasteiger partial charge in [-0.25, -0.2) is 19.2 Å². The summed E-state index contributed by atoms with van der Waals surface area (Å²) < 4.78 is 0. The summed E-state index contributed by atoms with van der Waals surface area (Å²) in [5.74, 6) is -6.64. The van der Waals surface area contributed by atoms with E-state index in [9.17, 15) is 19.2 Å². The number of benzene rings is 1. The zero-order valence-electron chi connectivity index (χ0n) is 8.98. The number of carboxylic acid groups (broad SMARTS) is 4. The maximum Gasteiger partial charge on any atom is 0.336 e. The summed E-state index contributed by atoms with van der Waals surface area (Å²) in [6.07, 6.45) is 0. The van der Waals surface area contributed by atoms with Gasteiger partial charge in [0.15, 0.2) is 0 Å². The first-order chi connectivity index (χ1) is 8.25. The standard InChI is InChI=1S/C10H6O8.FH/c11-7(12)3-1-4(8(13)14)6(10(17)18)2-5(3)9(15)16;/h1-2H,(H,11,12)(H,13,14)(H,15,16)(H,17,18);1H. The van der Waals surface area contributed by atoms with Gasteiger partial charge in [-0.1, -0.05) is 0 Å². The molecule has 1 aromatic carbocycles. The molecule has 102 valence electrons. The van der Waals surface area contributed by atoms with E-state index >= 15 is 0 Å². The Hall–Kier alpha value is -2.97. The van der Waals surface area contributed by atoms with Crippen LogP contribution in [0.5, 0.6) is 0 Å². The van der Waals surface area contributed by atoms with Gasteiger partial charge >= 0.3 is 23.9 Å². The summed E-state index contributed by atoms with van der Waals surface area (Å²) in [5, 5.41) is 35.0. The average Bonchev–Trinajstić information content (AvgIpc) is 2.26. The molecule has 9 heteroatoms. The summed E-state index contributed by atoms with van der Waals surface area (Å²) in [6, 6.07) is 1.02. The minimum absolute atomic E-state index is 0. The van der Waals surface area contributed by atoms with Crippen molar-refractivity contribution in [1.29, 1.82) is 0 Å². The molecule has 0 bridgehead atoms. The molecule has 1 rings (SSSR count). The van der Waals surface area contributed by atoms with Crippen molar-refractivity contribution in [3.8, 4) is 0 Å². The first-order valence-electron chi connectivity index (χ1n) is 4.37. The Bertz CT molecular complexity index is 479. The van der Waals surface area contributed by atoms with Crippen molar-refractivity contribution in [2.24, 2.45) is 0 Å². The van der Waals surface area contributed by atoms with Gasteiger partial charge in [-0.2, -0.15) is 0 Å².